The standard InChI is InChI=1S/C9H11O2.V/c1-7-2-3-8(6-7)9-10-4-5-11-9;/h2-3,9H,1,4-6H2;/q-1;. The van der Waals surface area contributed by atoms with Crippen LogP contribution in [-0.4, -0.2) is 19.5 Å². The van der Waals surface area contributed by atoms with Gasteiger partial charge in [0.25, 0.3) is 0 Å². The van der Waals surface area contributed by atoms with E-state index >= 15 is 0 Å². The van der Waals surface area contributed by atoms with Gasteiger partial charge in [0.2, 0.25) is 0 Å². The number of hydrogen-bond acceptors (Lipinski definition) is 2. The van der Waals surface area contributed by atoms with Gasteiger partial charge in [0.15, 0.2) is 6.29 Å². The van der Waals surface area contributed by atoms with Gasteiger partial charge in [-0.05, 0) is 12.0 Å². The third-order valence-corrected chi connectivity index (χ3v) is 1.89. The maximum atomic E-state index is 5.33. The Morgan fingerprint density at radius 3 is 2.42 bits per heavy atom. The summed E-state index contributed by atoms with van der Waals surface area (Å²) in [6.45, 7) is 5.29. The molecule has 0 aromatic rings. The first-order chi connectivity index (χ1) is 5.36. The van der Waals surface area contributed by atoms with Crippen LogP contribution >= 0.6 is 0 Å². The summed E-state index contributed by atoms with van der Waals surface area (Å²) < 4.78 is 10.7. The Hall–Kier alpha value is -0.146. The van der Waals surface area contributed by atoms with Gasteiger partial charge >= 0.3 is 0 Å². The molecular formula is C9H11O2V-. The van der Waals surface area contributed by atoms with Gasteiger partial charge in [0, 0.05) is 18.6 Å². The quantitative estimate of drug-likeness (QED) is 0.599. The summed E-state index contributed by atoms with van der Waals surface area (Å²) in [5.74, 6) is 0. The zero-order chi connectivity index (χ0) is 7.68. The van der Waals surface area contributed by atoms with E-state index in [0.29, 0.717) is 13.2 Å². The Bertz CT molecular complexity index is 215. The molecule has 12 heavy (non-hydrogen) atoms. The maximum Gasteiger partial charge on any atom is 0.179 e. The van der Waals surface area contributed by atoms with E-state index in [-0.39, 0.29) is 24.8 Å². The molecule has 1 aliphatic carbocycles. The largest absolute Gasteiger partial charge is 0.346 e. The van der Waals surface area contributed by atoms with Crippen molar-refractivity contribution in [3.8, 4) is 0 Å². The summed E-state index contributed by atoms with van der Waals surface area (Å²) in [6.07, 6.45) is 4.87. The first-order valence-corrected chi connectivity index (χ1v) is 3.81. The van der Waals surface area contributed by atoms with Crippen molar-refractivity contribution in [2.75, 3.05) is 13.2 Å². The molecule has 1 radical (unpaired) electrons. The molecule has 2 aliphatic rings. The molecule has 1 aliphatic heterocycles. The molecule has 2 rings (SSSR count). The van der Waals surface area contributed by atoms with E-state index in [9.17, 15) is 0 Å². The minimum atomic E-state index is -0.0921. The predicted octanol–water partition coefficient (Wildman–Crippen LogP) is 1.45. The van der Waals surface area contributed by atoms with Crippen molar-refractivity contribution in [3.05, 3.63) is 30.2 Å². The Balaban J connectivity index is 0.000000720. The molecule has 0 spiro atoms. The molecule has 0 aromatic heterocycles. The fraction of sp³-hybridized carbons (Fsp3) is 0.444. The molecule has 0 atom stereocenters. The van der Waals surface area contributed by atoms with Crippen molar-refractivity contribution in [2.24, 2.45) is 0 Å². The smallest absolute Gasteiger partial charge is 0.179 e. The van der Waals surface area contributed by atoms with Crippen LogP contribution in [0.4, 0.5) is 0 Å². The molecule has 2 nitrogen and oxygen atoms in total. The van der Waals surface area contributed by atoms with Crippen LogP contribution in [-0.2, 0) is 28.0 Å². The number of rotatable bonds is 1. The van der Waals surface area contributed by atoms with Crippen molar-refractivity contribution in [1.82, 2.24) is 0 Å². The zero-order valence-corrected chi connectivity index (χ0v) is 8.22. The van der Waals surface area contributed by atoms with Gasteiger partial charge in [-0.2, -0.15) is 0 Å². The molecule has 0 unspecified atom stereocenters. The molecule has 1 heterocycles. The summed E-state index contributed by atoms with van der Waals surface area (Å²) in [4.78, 5) is 0. The van der Waals surface area contributed by atoms with Crippen LogP contribution in [0.2, 0.25) is 0 Å². The molecule has 0 aromatic carbocycles. The van der Waals surface area contributed by atoms with Crippen LogP contribution in [0.15, 0.2) is 23.3 Å². The Morgan fingerprint density at radius 2 is 1.92 bits per heavy atom. The second-order valence-corrected chi connectivity index (χ2v) is 2.82. The monoisotopic (exact) mass is 202 g/mol. The van der Waals surface area contributed by atoms with Gasteiger partial charge in [-0.3, -0.25) is 0 Å². The number of allylic oxidation sites excluding steroid dienone is 3. The van der Waals surface area contributed by atoms with E-state index < -0.39 is 0 Å². The van der Waals surface area contributed by atoms with Gasteiger partial charge in [-0.15, -0.1) is 6.08 Å². The number of hydrogen-bond donors (Lipinski definition) is 0. The molecule has 0 bridgehead atoms. The van der Waals surface area contributed by atoms with Gasteiger partial charge in [-0.25, -0.2) is 18.6 Å². The predicted molar refractivity (Wildman–Crippen MR) is 41.8 cm³/mol. The minimum absolute atomic E-state index is 0. The topological polar surface area (TPSA) is 18.5 Å². The van der Waals surface area contributed by atoms with Crippen LogP contribution in [0, 0.1) is 6.92 Å². The molecule has 0 saturated carbocycles. The average Bonchev–Trinajstić information content (AvgIpc) is 2.55. The molecule has 3 heteroatoms. The van der Waals surface area contributed by atoms with E-state index in [1.807, 2.05) is 12.2 Å². The van der Waals surface area contributed by atoms with Crippen LogP contribution < -0.4 is 0 Å². The molecular weight excluding hydrogens is 191 g/mol. The first-order valence-electron chi connectivity index (χ1n) is 3.81. The Morgan fingerprint density at radius 1 is 1.25 bits per heavy atom. The van der Waals surface area contributed by atoms with Gasteiger partial charge in [0.1, 0.15) is 0 Å². The summed E-state index contributed by atoms with van der Waals surface area (Å²) in [6, 6.07) is 0. The zero-order valence-electron chi connectivity index (χ0n) is 6.82. The third-order valence-electron chi connectivity index (χ3n) is 1.89. The van der Waals surface area contributed by atoms with E-state index in [4.69, 9.17) is 9.47 Å². The average molecular weight is 202 g/mol. The van der Waals surface area contributed by atoms with Crippen LogP contribution in [0.25, 0.3) is 0 Å². The maximum absolute atomic E-state index is 5.33. The molecule has 1 fully saturated rings. The summed E-state index contributed by atoms with van der Waals surface area (Å²) in [5, 5.41) is 0. The SMILES string of the molecule is [CH2-]C1=CC=C(C2OCCO2)C1.[V]. The van der Waals surface area contributed by atoms with Gasteiger partial charge in [-0.1, -0.05) is 0 Å². The van der Waals surface area contributed by atoms with Crippen molar-refractivity contribution in [2.45, 2.75) is 12.7 Å². The van der Waals surface area contributed by atoms with Crippen molar-refractivity contribution < 1.29 is 28.0 Å². The Kier molecular flexibility index (Phi) is 3.47. The molecule has 65 valence electrons. The van der Waals surface area contributed by atoms with E-state index in [1.165, 1.54) is 5.57 Å². The summed E-state index contributed by atoms with van der Waals surface area (Å²) >= 11 is 0. The molecule has 0 N–H and O–H groups in total. The van der Waals surface area contributed by atoms with Crippen molar-refractivity contribution in [1.29, 1.82) is 0 Å². The van der Waals surface area contributed by atoms with E-state index in [0.717, 1.165) is 12.0 Å². The van der Waals surface area contributed by atoms with E-state index in [2.05, 4.69) is 6.92 Å². The summed E-state index contributed by atoms with van der Waals surface area (Å²) in [5.41, 5.74) is 2.34. The molecule has 1 saturated heterocycles. The first kappa shape index (κ1) is 9.94. The minimum Gasteiger partial charge on any atom is -0.346 e. The van der Waals surface area contributed by atoms with Crippen LogP contribution in [0.3, 0.4) is 0 Å². The fourth-order valence-corrected chi connectivity index (χ4v) is 1.34. The second kappa shape index (κ2) is 4.19. The number of ether oxygens (including phenoxy) is 2. The van der Waals surface area contributed by atoms with E-state index in [1.54, 1.807) is 0 Å². The normalized spacial score (nSPS) is 23.3. The van der Waals surface area contributed by atoms with Crippen LogP contribution in [0.1, 0.15) is 6.42 Å². The van der Waals surface area contributed by atoms with Crippen molar-refractivity contribution >= 4 is 0 Å². The second-order valence-electron chi connectivity index (χ2n) is 2.82. The van der Waals surface area contributed by atoms with Crippen molar-refractivity contribution in [3.63, 3.8) is 0 Å². The summed E-state index contributed by atoms with van der Waals surface area (Å²) in [7, 11) is 0. The molecule has 0 amide bonds. The van der Waals surface area contributed by atoms with Crippen LogP contribution in [0.5, 0.6) is 0 Å². The Labute approximate surface area is 84.5 Å². The van der Waals surface area contributed by atoms with Gasteiger partial charge < -0.3 is 9.47 Å². The van der Waals surface area contributed by atoms with Gasteiger partial charge in [0.05, 0.1) is 13.2 Å². The third kappa shape index (κ3) is 1.96. The fourth-order valence-electron chi connectivity index (χ4n) is 1.34.